The summed E-state index contributed by atoms with van der Waals surface area (Å²) in [4.78, 5) is 36.4. The number of likely N-dealkylation sites (N-methyl/N-ethyl adjacent to an activating group) is 1. The Labute approximate surface area is 194 Å². The molecule has 10 heteroatoms. The molecule has 0 aliphatic heterocycles. The fraction of sp³-hybridized carbons (Fsp3) is 0.125. The second kappa shape index (κ2) is 9.82. The highest BCUT2D eigenvalue weighted by Gasteiger charge is 2.18. The van der Waals surface area contributed by atoms with E-state index in [1.165, 1.54) is 35.2 Å². The van der Waals surface area contributed by atoms with Crippen molar-refractivity contribution in [2.24, 2.45) is 0 Å². The number of non-ortho nitro benzene ring substituents is 1. The van der Waals surface area contributed by atoms with E-state index >= 15 is 0 Å². The zero-order valence-corrected chi connectivity index (χ0v) is 18.2. The number of rotatable bonds is 8. The predicted molar refractivity (Wildman–Crippen MR) is 121 cm³/mol. The number of carbonyl (C=O) groups excluding carboxylic acids is 2. The lowest BCUT2D eigenvalue weighted by Crippen LogP contribution is -2.30. The molecule has 172 valence electrons. The number of aromatic nitrogens is 2. The molecule has 0 radical (unpaired) electrons. The Hall–Kier alpha value is -4.73. The molecule has 0 saturated heterocycles. The highest BCUT2D eigenvalue weighted by molar-refractivity contribution is 5.89. The Bertz CT molecular complexity index is 1310. The van der Waals surface area contributed by atoms with Crippen molar-refractivity contribution >= 4 is 17.6 Å². The quantitative estimate of drug-likeness (QED) is 0.222. The van der Waals surface area contributed by atoms with Gasteiger partial charge in [0.2, 0.25) is 5.76 Å². The maximum Gasteiger partial charge on any atom is 0.374 e. The number of hydrogen-bond acceptors (Lipinski definition) is 7. The molecule has 2 aromatic carbocycles. The van der Waals surface area contributed by atoms with Gasteiger partial charge >= 0.3 is 5.97 Å². The van der Waals surface area contributed by atoms with E-state index in [0.717, 1.165) is 11.3 Å². The van der Waals surface area contributed by atoms with Crippen molar-refractivity contribution in [2.75, 3.05) is 13.7 Å². The SMILES string of the molecule is CN(Cc1cnn(-c2ccccc2)c1)C(=O)COC(=O)c1ccc(-c2ccc([N+](=O)[O-])cc2)o1. The maximum absolute atomic E-state index is 12.4. The van der Waals surface area contributed by atoms with Gasteiger partial charge in [-0.15, -0.1) is 0 Å². The van der Waals surface area contributed by atoms with E-state index in [1.54, 1.807) is 24.0 Å². The Morgan fingerprint density at radius 1 is 1.09 bits per heavy atom. The van der Waals surface area contributed by atoms with Crippen LogP contribution in [0.2, 0.25) is 0 Å². The molecule has 0 N–H and O–H groups in total. The summed E-state index contributed by atoms with van der Waals surface area (Å²) in [5.41, 5.74) is 2.24. The van der Waals surface area contributed by atoms with Crippen molar-refractivity contribution < 1.29 is 23.7 Å². The number of ether oxygens (including phenoxy) is 1. The average molecular weight is 460 g/mol. The first-order valence-corrected chi connectivity index (χ1v) is 10.3. The minimum absolute atomic E-state index is 0.0509. The summed E-state index contributed by atoms with van der Waals surface area (Å²) in [6, 6.07) is 18.3. The maximum atomic E-state index is 12.4. The topological polar surface area (TPSA) is 121 Å². The lowest BCUT2D eigenvalue weighted by molar-refractivity contribution is -0.384. The summed E-state index contributed by atoms with van der Waals surface area (Å²) >= 11 is 0. The van der Waals surface area contributed by atoms with E-state index in [1.807, 2.05) is 36.5 Å². The lowest BCUT2D eigenvalue weighted by atomic mass is 10.1. The van der Waals surface area contributed by atoms with E-state index in [-0.39, 0.29) is 17.4 Å². The van der Waals surface area contributed by atoms with Gasteiger partial charge in [0.1, 0.15) is 5.76 Å². The molecular weight excluding hydrogens is 440 g/mol. The van der Waals surface area contributed by atoms with E-state index in [4.69, 9.17) is 9.15 Å². The van der Waals surface area contributed by atoms with Crippen molar-refractivity contribution in [3.63, 3.8) is 0 Å². The number of nitrogens with zero attached hydrogens (tertiary/aromatic N) is 4. The number of amides is 1. The number of esters is 1. The Morgan fingerprint density at radius 2 is 1.82 bits per heavy atom. The zero-order valence-electron chi connectivity index (χ0n) is 18.2. The molecule has 1 amide bonds. The van der Waals surface area contributed by atoms with Crippen LogP contribution in [0.25, 0.3) is 17.0 Å². The molecule has 0 atom stereocenters. The molecule has 0 saturated carbocycles. The van der Waals surface area contributed by atoms with E-state index in [2.05, 4.69) is 5.10 Å². The van der Waals surface area contributed by atoms with Crippen LogP contribution in [-0.4, -0.2) is 45.1 Å². The fourth-order valence-corrected chi connectivity index (χ4v) is 3.18. The minimum Gasteiger partial charge on any atom is -0.450 e. The lowest BCUT2D eigenvalue weighted by Gasteiger charge is -2.15. The van der Waals surface area contributed by atoms with Gasteiger partial charge in [-0.2, -0.15) is 5.10 Å². The number of hydrogen-bond donors (Lipinski definition) is 0. The highest BCUT2D eigenvalue weighted by atomic mass is 16.6. The summed E-state index contributed by atoms with van der Waals surface area (Å²) in [5, 5.41) is 15.1. The van der Waals surface area contributed by atoms with E-state index in [0.29, 0.717) is 17.9 Å². The van der Waals surface area contributed by atoms with Crippen LogP contribution in [0.5, 0.6) is 0 Å². The predicted octanol–water partition coefficient (Wildman–Crippen LogP) is 3.86. The summed E-state index contributed by atoms with van der Waals surface area (Å²) < 4.78 is 12.3. The van der Waals surface area contributed by atoms with Gasteiger partial charge in [-0.25, -0.2) is 9.48 Å². The molecule has 4 aromatic rings. The number of nitro benzene ring substituents is 1. The molecule has 0 unspecified atom stereocenters. The van der Waals surface area contributed by atoms with Crippen LogP contribution in [0.1, 0.15) is 16.1 Å². The van der Waals surface area contributed by atoms with Gasteiger partial charge in [-0.05, 0) is 36.4 Å². The molecule has 0 spiro atoms. The molecular formula is C24H20N4O6. The first-order chi connectivity index (χ1) is 16.4. The van der Waals surface area contributed by atoms with Gasteiger partial charge in [0.25, 0.3) is 11.6 Å². The van der Waals surface area contributed by atoms with Gasteiger partial charge in [0.05, 0.1) is 16.8 Å². The van der Waals surface area contributed by atoms with Crippen LogP contribution in [0.3, 0.4) is 0 Å². The Balaban J connectivity index is 1.30. The molecule has 10 nitrogen and oxygen atoms in total. The van der Waals surface area contributed by atoms with E-state index < -0.39 is 17.5 Å². The third-order valence-electron chi connectivity index (χ3n) is 5.00. The van der Waals surface area contributed by atoms with Crippen LogP contribution in [0.15, 0.2) is 83.5 Å². The second-order valence-electron chi connectivity index (χ2n) is 7.42. The molecule has 4 rings (SSSR count). The zero-order chi connectivity index (χ0) is 24.1. The van der Waals surface area contributed by atoms with Crippen molar-refractivity contribution in [1.82, 2.24) is 14.7 Å². The summed E-state index contributed by atoms with van der Waals surface area (Å²) in [5.74, 6) is -0.900. The van der Waals surface area contributed by atoms with Crippen molar-refractivity contribution in [3.05, 3.63) is 101 Å². The number of nitro groups is 1. The number of para-hydroxylation sites is 1. The third-order valence-corrected chi connectivity index (χ3v) is 5.00. The molecule has 0 fully saturated rings. The molecule has 34 heavy (non-hydrogen) atoms. The third kappa shape index (κ3) is 5.18. The molecule has 0 aliphatic carbocycles. The fourth-order valence-electron chi connectivity index (χ4n) is 3.18. The van der Waals surface area contributed by atoms with Crippen molar-refractivity contribution in [3.8, 4) is 17.0 Å². The van der Waals surface area contributed by atoms with Crippen LogP contribution in [-0.2, 0) is 16.1 Å². The minimum atomic E-state index is -0.785. The monoisotopic (exact) mass is 460 g/mol. The molecule has 0 bridgehead atoms. The van der Waals surface area contributed by atoms with Crippen LogP contribution in [0.4, 0.5) is 5.69 Å². The first-order valence-electron chi connectivity index (χ1n) is 10.3. The van der Waals surface area contributed by atoms with Crippen molar-refractivity contribution in [2.45, 2.75) is 6.54 Å². The van der Waals surface area contributed by atoms with Gasteiger partial charge < -0.3 is 14.1 Å². The molecule has 2 heterocycles. The molecule has 2 aromatic heterocycles. The van der Waals surface area contributed by atoms with Crippen molar-refractivity contribution in [1.29, 1.82) is 0 Å². The van der Waals surface area contributed by atoms with Gasteiger partial charge in [0.15, 0.2) is 6.61 Å². The largest absolute Gasteiger partial charge is 0.450 e. The summed E-state index contributed by atoms with van der Waals surface area (Å²) in [7, 11) is 1.61. The standard InChI is InChI=1S/C24H20N4O6/c1-26(14-17-13-25-27(15-17)19-5-3-2-4-6-19)23(29)16-33-24(30)22-12-11-21(34-22)18-7-9-20(10-8-18)28(31)32/h2-13,15H,14,16H2,1H3. The second-order valence-corrected chi connectivity index (χ2v) is 7.42. The van der Waals surface area contributed by atoms with Gasteiger partial charge in [0, 0.05) is 43.0 Å². The number of furan rings is 1. The van der Waals surface area contributed by atoms with Crippen LogP contribution >= 0.6 is 0 Å². The first kappa shape index (κ1) is 22.5. The Morgan fingerprint density at radius 3 is 2.53 bits per heavy atom. The van der Waals surface area contributed by atoms with Gasteiger partial charge in [-0.1, -0.05) is 18.2 Å². The Kier molecular flexibility index (Phi) is 6.49. The smallest absolute Gasteiger partial charge is 0.374 e. The number of benzene rings is 2. The average Bonchev–Trinajstić information content (AvgIpc) is 3.53. The van der Waals surface area contributed by atoms with Crippen LogP contribution in [0, 0.1) is 10.1 Å². The normalized spacial score (nSPS) is 10.6. The summed E-state index contributed by atoms with van der Waals surface area (Å²) in [6.45, 7) is -0.149. The highest BCUT2D eigenvalue weighted by Crippen LogP contribution is 2.24. The number of carbonyl (C=O) groups is 2. The van der Waals surface area contributed by atoms with E-state index in [9.17, 15) is 19.7 Å². The molecule has 0 aliphatic rings. The van der Waals surface area contributed by atoms with Gasteiger partial charge in [-0.3, -0.25) is 14.9 Å². The van der Waals surface area contributed by atoms with Crippen LogP contribution < -0.4 is 0 Å². The summed E-state index contributed by atoms with van der Waals surface area (Å²) in [6.07, 6.45) is 3.50.